The summed E-state index contributed by atoms with van der Waals surface area (Å²) >= 11 is 0.776. The van der Waals surface area contributed by atoms with Crippen molar-refractivity contribution in [2.75, 3.05) is 10.6 Å². The van der Waals surface area contributed by atoms with Crippen molar-refractivity contribution in [2.24, 2.45) is 5.73 Å². The zero-order valence-electron chi connectivity index (χ0n) is 19.7. The van der Waals surface area contributed by atoms with Crippen LogP contribution >= 0.6 is 11.5 Å². The van der Waals surface area contributed by atoms with E-state index < -0.39 is 17.9 Å². The molecule has 2 aromatic heterocycles. The molecular weight excluding hydrogens is 466 g/mol. The molecule has 4 rings (SSSR count). The van der Waals surface area contributed by atoms with Crippen molar-refractivity contribution in [1.29, 1.82) is 0 Å². The Morgan fingerprint density at radius 3 is 2.40 bits per heavy atom. The van der Waals surface area contributed by atoms with Crippen molar-refractivity contribution in [3.63, 3.8) is 0 Å². The highest BCUT2D eigenvalue weighted by atomic mass is 32.1. The molecule has 3 aromatic rings. The van der Waals surface area contributed by atoms with Gasteiger partial charge < -0.3 is 21.2 Å². The number of nitrogens with one attached hydrogen (secondary N) is 1. The molecule has 1 aliphatic rings. The molecule has 3 amide bonds. The van der Waals surface area contributed by atoms with Gasteiger partial charge in [-0.1, -0.05) is 31.9 Å². The van der Waals surface area contributed by atoms with Crippen LogP contribution in [0.5, 0.6) is 0 Å². The van der Waals surface area contributed by atoms with Crippen molar-refractivity contribution in [3.8, 4) is 0 Å². The number of carbonyl (C=O) groups excluding carboxylic acids is 3. The van der Waals surface area contributed by atoms with Gasteiger partial charge in [0.2, 0.25) is 0 Å². The highest BCUT2D eigenvalue weighted by Crippen LogP contribution is 2.34. The van der Waals surface area contributed by atoms with Crippen molar-refractivity contribution in [3.05, 3.63) is 64.1 Å². The predicted octanol–water partition coefficient (Wildman–Crippen LogP) is 3.73. The number of aryl methyl sites for hydroxylation is 2. The van der Waals surface area contributed by atoms with Gasteiger partial charge in [-0.25, -0.2) is 0 Å². The molecule has 0 radical (unpaired) electrons. The molecule has 35 heavy (non-hydrogen) atoms. The monoisotopic (exact) mass is 495 g/mol. The first-order valence-electron chi connectivity index (χ1n) is 11.6. The Balaban J connectivity index is 1.83. The Morgan fingerprint density at radius 2 is 1.86 bits per heavy atom. The maximum atomic E-state index is 14.0. The smallest absolute Gasteiger partial charge is 0.273 e. The van der Waals surface area contributed by atoms with Crippen LogP contribution in [0.2, 0.25) is 0 Å². The van der Waals surface area contributed by atoms with Gasteiger partial charge >= 0.3 is 0 Å². The van der Waals surface area contributed by atoms with Crippen LogP contribution in [0, 0.1) is 6.92 Å². The summed E-state index contributed by atoms with van der Waals surface area (Å²) in [5.74, 6) is -0.812. The molecule has 9 nitrogen and oxygen atoms in total. The predicted molar refractivity (Wildman–Crippen MR) is 134 cm³/mol. The Hall–Kier alpha value is -3.66. The standard InChI is InChI=1S/C25H29N5O4S/c1-3-15-9-11-17(12-10-15)30(25(33)22-19(26)20(23(27)31)29-35-22)21(18-13-8-14(2)34-18)24(32)28-16-6-4-5-7-16/h8-13,16,21H,3-7,26H2,1-2H3,(H2,27,31)(H,28,32). The lowest BCUT2D eigenvalue weighted by Crippen LogP contribution is -2.46. The molecule has 0 spiro atoms. The van der Waals surface area contributed by atoms with Crippen molar-refractivity contribution in [2.45, 2.75) is 58.0 Å². The van der Waals surface area contributed by atoms with E-state index in [9.17, 15) is 14.4 Å². The van der Waals surface area contributed by atoms with Gasteiger partial charge in [-0.3, -0.25) is 19.3 Å². The minimum atomic E-state index is -1.09. The summed E-state index contributed by atoms with van der Waals surface area (Å²) in [5.41, 5.74) is 12.8. The van der Waals surface area contributed by atoms with Crippen LogP contribution in [0.4, 0.5) is 11.4 Å². The Bertz CT molecular complexity index is 1230. The molecule has 0 bridgehead atoms. The van der Waals surface area contributed by atoms with E-state index >= 15 is 0 Å². The molecule has 1 unspecified atom stereocenters. The van der Waals surface area contributed by atoms with Crippen LogP contribution in [0.15, 0.2) is 40.8 Å². The number of benzene rings is 1. The summed E-state index contributed by atoms with van der Waals surface area (Å²) < 4.78 is 9.84. The first-order valence-corrected chi connectivity index (χ1v) is 12.4. The van der Waals surface area contributed by atoms with Crippen LogP contribution in [-0.4, -0.2) is 28.1 Å². The summed E-state index contributed by atoms with van der Waals surface area (Å²) in [5, 5.41) is 3.09. The van der Waals surface area contributed by atoms with E-state index in [0.29, 0.717) is 17.2 Å². The quantitative estimate of drug-likeness (QED) is 0.434. The Morgan fingerprint density at radius 1 is 1.17 bits per heavy atom. The number of rotatable bonds is 8. The number of carbonyl (C=O) groups is 3. The van der Waals surface area contributed by atoms with Gasteiger partial charge in [-0.05, 0) is 67.5 Å². The SMILES string of the molecule is CCc1ccc(N(C(=O)c2snc(C(N)=O)c2N)C(C(=O)NC2CCCC2)c2ccc(C)o2)cc1. The van der Waals surface area contributed by atoms with E-state index in [-0.39, 0.29) is 28.2 Å². The number of hydrogen-bond acceptors (Lipinski definition) is 7. The Labute approximate surface area is 207 Å². The molecule has 1 atom stereocenters. The van der Waals surface area contributed by atoms with E-state index in [1.807, 2.05) is 19.1 Å². The van der Waals surface area contributed by atoms with E-state index in [1.165, 1.54) is 4.90 Å². The number of amides is 3. The molecule has 1 aliphatic carbocycles. The first kappa shape index (κ1) is 24.5. The second-order valence-electron chi connectivity index (χ2n) is 8.67. The van der Waals surface area contributed by atoms with Crippen molar-refractivity contribution in [1.82, 2.24) is 9.69 Å². The fraction of sp³-hybridized carbons (Fsp3) is 0.360. The minimum Gasteiger partial charge on any atom is -0.464 e. The highest BCUT2D eigenvalue weighted by molar-refractivity contribution is 7.09. The van der Waals surface area contributed by atoms with Gasteiger partial charge in [0.25, 0.3) is 17.7 Å². The van der Waals surface area contributed by atoms with Crippen LogP contribution in [-0.2, 0) is 11.2 Å². The maximum Gasteiger partial charge on any atom is 0.273 e. The van der Waals surface area contributed by atoms with E-state index in [2.05, 4.69) is 9.69 Å². The molecule has 10 heteroatoms. The second kappa shape index (κ2) is 10.3. The zero-order chi connectivity index (χ0) is 25.1. The number of aromatic nitrogens is 1. The summed E-state index contributed by atoms with van der Waals surface area (Å²) in [6, 6.07) is 9.77. The summed E-state index contributed by atoms with van der Waals surface area (Å²) in [6.45, 7) is 3.81. The third kappa shape index (κ3) is 5.07. The number of nitrogens with two attached hydrogens (primary N) is 2. The molecule has 5 N–H and O–H groups in total. The summed E-state index contributed by atoms with van der Waals surface area (Å²) in [7, 11) is 0. The second-order valence-corrected chi connectivity index (χ2v) is 9.45. The third-order valence-corrected chi connectivity index (χ3v) is 7.09. The van der Waals surface area contributed by atoms with E-state index in [1.54, 1.807) is 31.2 Å². The minimum absolute atomic E-state index is 0.0281. The molecule has 1 saturated carbocycles. The first-order chi connectivity index (χ1) is 16.8. The summed E-state index contributed by atoms with van der Waals surface area (Å²) in [4.78, 5) is 40.8. The normalized spacial score (nSPS) is 14.6. The number of hydrogen-bond donors (Lipinski definition) is 3. The molecule has 184 valence electrons. The average molecular weight is 496 g/mol. The number of nitrogen functional groups attached to an aromatic ring is 1. The lowest BCUT2D eigenvalue weighted by atomic mass is 10.1. The summed E-state index contributed by atoms with van der Waals surface area (Å²) in [6.07, 6.45) is 4.69. The van der Waals surface area contributed by atoms with Gasteiger partial charge in [-0.2, -0.15) is 4.37 Å². The fourth-order valence-corrected chi connectivity index (χ4v) is 5.08. The molecule has 1 fully saturated rings. The number of primary amides is 1. The van der Waals surface area contributed by atoms with Crippen molar-refractivity contribution >= 4 is 40.6 Å². The van der Waals surface area contributed by atoms with E-state index in [4.69, 9.17) is 15.9 Å². The van der Waals surface area contributed by atoms with Crippen LogP contribution < -0.4 is 21.7 Å². The van der Waals surface area contributed by atoms with E-state index in [0.717, 1.165) is 49.2 Å². The van der Waals surface area contributed by atoms with Crippen molar-refractivity contribution < 1.29 is 18.8 Å². The molecule has 0 saturated heterocycles. The Kier molecular flexibility index (Phi) is 7.20. The highest BCUT2D eigenvalue weighted by Gasteiger charge is 2.38. The molecule has 2 heterocycles. The maximum absolute atomic E-state index is 14.0. The molecular formula is C25H29N5O4S. The van der Waals surface area contributed by atoms with Gasteiger partial charge in [-0.15, -0.1) is 0 Å². The van der Waals surface area contributed by atoms with Gasteiger partial charge in [0.05, 0.1) is 5.69 Å². The lowest BCUT2D eigenvalue weighted by Gasteiger charge is -2.30. The van der Waals surface area contributed by atoms with Crippen LogP contribution in [0.1, 0.15) is 75.9 Å². The van der Waals surface area contributed by atoms with Crippen LogP contribution in [0.3, 0.4) is 0 Å². The fourth-order valence-electron chi connectivity index (χ4n) is 4.34. The molecule has 1 aromatic carbocycles. The van der Waals surface area contributed by atoms with Crippen LogP contribution in [0.25, 0.3) is 0 Å². The third-order valence-electron chi connectivity index (χ3n) is 6.24. The lowest BCUT2D eigenvalue weighted by molar-refractivity contribution is -0.123. The average Bonchev–Trinajstić information content (AvgIpc) is 3.59. The number of furan rings is 1. The zero-order valence-corrected chi connectivity index (χ0v) is 20.6. The largest absolute Gasteiger partial charge is 0.464 e. The topological polar surface area (TPSA) is 145 Å². The van der Waals surface area contributed by atoms with Gasteiger partial charge in [0, 0.05) is 11.7 Å². The number of nitrogens with zero attached hydrogens (tertiary/aromatic N) is 2. The number of anilines is 2. The molecule has 0 aliphatic heterocycles. The van der Waals surface area contributed by atoms with Gasteiger partial charge in [0.1, 0.15) is 16.4 Å². The van der Waals surface area contributed by atoms with Gasteiger partial charge in [0.15, 0.2) is 11.7 Å².